The molecule has 0 saturated heterocycles. The molecule has 0 unspecified atom stereocenters. The maximum absolute atomic E-state index is 11.6. The molecule has 20 heavy (non-hydrogen) atoms. The molecule has 0 saturated carbocycles. The van der Waals surface area contributed by atoms with Crippen LogP contribution >= 0.6 is 0 Å². The van der Waals surface area contributed by atoms with Crippen molar-refractivity contribution < 1.29 is 19.0 Å². The van der Waals surface area contributed by atoms with Gasteiger partial charge in [0.05, 0.1) is 19.8 Å². The van der Waals surface area contributed by atoms with Gasteiger partial charge in [-0.2, -0.15) is 0 Å². The largest absolute Gasteiger partial charge is 0.462 e. The summed E-state index contributed by atoms with van der Waals surface area (Å²) < 4.78 is 16.6. The second kappa shape index (κ2) is 9.28. The van der Waals surface area contributed by atoms with E-state index in [0.717, 1.165) is 5.56 Å². The average Bonchev–Trinajstić information content (AvgIpc) is 2.41. The van der Waals surface area contributed by atoms with Gasteiger partial charge in [-0.1, -0.05) is 0 Å². The van der Waals surface area contributed by atoms with Gasteiger partial charge in [0, 0.05) is 18.9 Å². The Labute approximate surface area is 118 Å². The molecule has 0 radical (unpaired) electrons. The van der Waals surface area contributed by atoms with E-state index < -0.39 is 5.97 Å². The van der Waals surface area contributed by atoms with E-state index in [0.29, 0.717) is 26.4 Å². The van der Waals surface area contributed by atoms with Crippen molar-refractivity contribution in [1.82, 2.24) is 4.57 Å². The van der Waals surface area contributed by atoms with E-state index in [-0.39, 0.29) is 18.7 Å². The van der Waals surface area contributed by atoms with Crippen LogP contribution in [-0.2, 0) is 25.5 Å². The lowest BCUT2D eigenvalue weighted by Crippen LogP contribution is -2.25. The maximum atomic E-state index is 11.6. The molecule has 0 fully saturated rings. The van der Waals surface area contributed by atoms with Crippen molar-refractivity contribution in [3.05, 3.63) is 34.2 Å². The maximum Gasteiger partial charge on any atom is 0.326 e. The zero-order valence-electron chi connectivity index (χ0n) is 12.0. The molecule has 1 rings (SSSR count). The van der Waals surface area contributed by atoms with Crippen LogP contribution in [0, 0.1) is 6.92 Å². The highest BCUT2D eigenvalue weighted by Gasteiger charge is 2.05. The third-order valence-electron chi connectivity index (χ3n) is 2.52. The van der Waals surface area contributed by atoms with Crippen LogP contribution in [0.15, 0.2) is 23.1 Å². The van der Waals surface area contributed by atoms with Crippen LogP contribution in [0.1, 0.15) is 12.5 Å². The summed E-state index contributed by atoms with van der Waals surface area (Å²) in [5.74, 6) is -0.454. The van der Waals surface area contributed by atoms with Crippen molar-refractivity contribution in [2.24, 2.45) is 0 Å². The molecule has 6 heteroatoms. The minimum Gasteiger partial charge on any atom is -0.462 e. The molecule has 0 aliphatic heterocycles. The molecule has 0 aromatic carbocycles. The molecule has 0 atom stereocenters. The standard InChI is InChI=1S/C14H21NO5/c1-3-18-6-7-19-8-9-20-14(17)11-15-5-4-12(2)10-13(15)16/h4-5,10H,3,6-9,11H2,1-2H3. The van der Waals surface area contributed by atoms with E-state index in [9.17, 15) is 9.59 Å². The highest BCUT2D eigenvalue weighted by Crippen LogP contribution is 1.92. The van der Waals surface area contributed by atoms with Crippen LogP contribution in [0.4, 0.5) is 0 Å². The fourth-order valence-electron chi connectivity index (χ4n) is 1.50. The number of pyridine rings is 1. The molecule has 0 aliphatic carbocycles. The average molecular weight is 283 g/mol. The number of hydrogen-bond acceptors (Lipinski definition) is 5. The fraction of sp³-hybridized carbons (Fsp3) is 0.571. The molecule has 0 spiro atoms. The normalized spacial score (nSPS) is 10.5. The van der Waals surface area contributed by atoms with Gasteiger partial charge in [0.1, 0.15) is 13.2 Å². The first-order valence-electron chi connectivity index (χ1n) is 6.61. The van der Waals surface area contributed by atoms with E-state index in [4.69, 9.17) is 14.2 Å². The predicted octanol–water partition coefficient (Wildman–Crippen LogP) is 0.753. The molecule has 6 nitrogen and oxygen atoms in total. The van der Waals surface area contributed by atoms with E-state index >= 15 is 0 Å². The number of esters is 1. The number of nitrogens with zero attached hydrogens (tertiary/aromatic N) is 1. The topological polar surface area (TPSA) is 66.8 Å². The Hall–Kier alpha value is -1.66. The Balaban J connectivity index is 2.19. The van der Waals surface area contributed by atoms with Crippen molar-refractivity contribution >= 4 is 5.97 Å². The summed E-state index contributed by atoms with van der Waals surface area (Å²) in [6, 6.07) is 3.25. The van der Waals surface area contributed by atoms with Gasteiger partial charge in [-0.15, -0.1) is 0 Å². The third kappa shape index (κ3) is 6.49. The van der Waals surface area contributed by atoms with E-state index in [2.05, 4.69) is 0 Å². The van der Waals surface area contributed by atoms with Gasteiger partial charge in [0.2, 0.25) is 0 Å². The molecular formula is C14H21NO5. The smallest absolute Gasteiger partial charge is 0.326 e. The quantitative estimate of drug-likeness (QED) is 0.494. The van der Waals surface area contributed by atoms with E-state index in [1.807, 2.05) is 13.8 Å². The van der Waals surface area contributed by atoms with Crippen molar-refractivity contribution in [2.75, 3.05) is 33.0 Å². The molecule has 0 N–H and O–H groups in total. The Morgan fingerprint density at radius 2 is 1.90 bits per heavy atom. The van der Waals surface area contributed by atoms with E-state index in [1.165, 1.54) is 10.6 Å². The minimum absolute atomic E-state index is 0.0853. The monoisotopic (exact) mass is 283 g/mol. The number of ether oxygens (including phenoxy) is 3. The van der Waals surface area contributed by atoms with Crippen molar-refractivity contribution in [1.29, 1.82) is 0 Å². The molecule has 1 aromatic heterocycles. The highest BCUT2D eigenvalue weighted by atomic mass is 16.6. The lowest BCUT2D eigenvalue weighted by Gasteiger charge is -2.08. The SMILES string of the molecule is CCOCCOCCOC(=O)Cn1ccc(C)cc1=O. The second-order valence-corrected chi connectivity index (χ2v) is 4.20. The second-order valence-electron chi connectivity index (χ2n) is 4.20. The van der Waals surface area contributed by atoms with Crippen LogP contribution in [-0.4, -0.2) is 43.6 Å². The number of carbonyl (C=O) groups excluding carboxylic acids is 1. The van der Waals surface area contributed by atoms with Crippen molar-refractivity contribution in [3.63, 3.8) is 0 Å². The highest BCUT2D eigenvalue weighted by molar-refractivity contribution is 5.69. The van der Waals surface area contributed by atoms with Crippen LogP contribution in [0.25, 0.3) is 0 Å². The number of aryl methyl sites for hydroxylation is 1. The molecule has 1 aromatic rings. The van der Waals surface area contributed by atoms with Gasteiger partial charge in [-0.25, -0.2) is 0 Å². The van der Waals surface area contributed by atoms with Crippen molar-refractivity contribution in [3.8, 4) is 0 Å². The molecule has 112 valence electrons. The third-order valence-corrected chi connectivity index (χ3v) is 2.52. The Morgan fingerprint density at radius 3 is 2.60 bits per heavy atom. The Bertz CT molecular complexity index is 469. The first-order chi connectivity index (χ1) is 9.63. The molecule has 1 heterocycles. The predicted molar refractivity (Wildman–Crippen MR) is 73.7 cm³/mol. The zero-order chi connectivity index (χ0) is 14.8. The number of carbonyl (C=O) groups is 1. The zero-order valence-corrected chi connectivity index (χ0v) is 12.0. The number of aromatic nitrogens is 1. The Morgan fingerprint density at radius 1 is 1.20 bits per heavy atom. The van der Waals surface area contributed by atoms with Crippen LogP contribution in [0.2, 0.25) is 0 Å². The molecule has 0 amide bonds. The molecular weight excluding hydrogens is 262 g/mol. The molecule has 0 aliphatic rings. The summed E-state index contributed by atoms with van der Waals surface area (Å²) in [6.07, 6.45) is 1.58. The number of hydrogen-bond donors (Lipinski definition) is 0. The van der Waals surface area contributed by atoms with E-state index in [1.54, 1.807) is 12.3 Å². The van der Waals surface area contributed by atoms with Crippen molar-refractivity contribution in [2.45, 2.75) is 20.4 Å². The summed E-state index contributed by atoms with van der Waals surface area (Å²) in [5, 5.41) is 0. The first kappa shape index (κ1) is 16.4. The van der Waals surface area contributed by atoms with Gasteiger partial charge in [-0.05, 0) is 25.5 Å². The Kier molecular flexibility index (Phi) is 7.60. The summed E-state index contributed by atoms with van der Waals surface area (Å²) in [4.78, 5) is 23.1. The summed E-state index contributed by atoms with van der Waals surface area (Å²) >= 11 is 0. The van der Waals surface area contributed by atoms with Crippen LogP contribution in [0.5, 0.6) is 0 Å². The summed E-state index contributed by atoms with van der Waals surface area (Å²) in [7, 11) is 0. The lowest BCUT2D eigenvalue weighted by molar-refractivity contribution is -0.146. The minimum atomic E-state index is -0.454. The van der Waals surface area contributed by atoms with Gasteiger partial charge in [0.15, 0.2) is 0 Å². The molecule has 0 bridgehead atoms. The van der Waals surface area contributed by atoms with Gasteiger partial charge in [-0.3, -0.25) is 9.59 Å². The van der Waals surface area contributed by atoms with Gasteiger partial charge < -0.3 is 18.8 Å². The first-order valence-corrected chi connectivity index (χ1v) is 6.61. The summed E-state index contributed by atoms with van der Waals surface area (Å²) in [6.45, 7) is 5.80. The van der Waals surface area contributed by atoms with Gasteiger partial charge in [0.25, 0.3) is 5.56 Å². The lowest BCUT2D eigenvalue weighted by atomic mass is 10.3. The van der Waals surface area contributed by atoms with Crippen LogP contribution < -0.4 is 5.56 Å². The van der Waals surface area contributed by atoms with Crippen LogP contribution in [0.3, 0.4) is 0 Å². The van der Waals surface area contributed by atoms with Gasteiger partial charge >= 0.3 is 5.97 Å². The fourth-order valence-corrected chi connectivity index (χ4v) is 1.50. The summed E-state index contributed by atoms with van der Waals surface area (Å²) in [5.41, 5.74) is 0.650. The number of rotatable bonds is 9.